The van der Waals surface area contributed by atoms with Crippen molar-refractivity contribution in [2.24, 2.45) is 0 Å². The Bertz CT molecular complexity index is 1310. The Labute approximate surface area is 226 Å². The van der Waals surface area contributed by atoms with Gasteiger partial charge in [0.15, 0.2) is 0 Å². The number of para-hydroxylation sites is 1. The molecular weight excluding hydrogens is 508 g/mol. The molecular formula is C29H29ClN2O6. The molecule has 3 aromatic carbocycles. The van der Waals surface area contributed by atoms with Crippen molar-refractivity contribution in [2.45, 2.75) is 44.9 Å². The summed E-state index contributed by atoms with van der Waals surface area (Å²) in [5.74, 6) is -0.997. The van der Waals surface area contributed by atoms with E-state index in [0.29, 0.717) is 22.8 Å². The molecule has 4 rings (SSSR count). The first-order valence-corrected chi connectivity index (χ1v) is 12.6. The summed E-state index contributed by atoms with van der Waals surface area (Å²) >= 11 is 6.07. The molecule has 1 aliphatic rings. The Balaban J connectivity index is 1.58. The summed E-state index contributed by atoms with van der Waals surface area (Å²) in [6, 6.07) is 20.8. The topological polar surface area (TPSA) is 107 Å². The number of ether oxygens (including phenoxy) is 1. The van der Waals surface area contributed by atoms with Gasteiger partial charge in [0.25, 0.3) is 5.91 Å². The minimum atomic E-state index is -1.13. The zero-order valence-electron chi connectivity index (χ0n) is 21.1. The maximum atomic E-state index is 13.7. The number of halogens is 1. The molecule has 0 saturated carbocycles. The van der Waals surface area contributed by atoms with Crippen molar-refractivity contribution >= 4 is 40.8 Å². The lowest BCUT2D eigenvalue weighted by atomic mass is 9.89. The number of benzene rings is 3. The van der Waals surface area contributed by atoms with Gasteiger partial charge in [-0.15, -0.1) is 0 Å². The van der Waals surface area contributed by atoms with E-state index in [4.69, 9.17) is 21.4 Å². The van der Waals surface area contributed by atoms with Crippen LogP contribution < -0.4 is 14.5 Å². The first-order chi connectivity index (χ1) is 18.2. The van der Waals surface area contributed by atoms with Gasteiger partial charge in [0.1, 0.15) is 12.4 Å². The Morgan fingerprint density at radius 1 is 1.05 bits per heavy atom. The third-order valence-electron chi connectivity index (χ3n) is 6.49. The van der Waals surface area contributed by atoms with Gasteiger partial charge < -0.3 is 24.7 Å². The summed E-state index contributed by atoms with van der Waals surface area (Å²) in [5, 5.41) is 19.0. The molecule has 0 aliphatic carbocycles. The van der Waals surface area contributed by atoms with Crippen molar-refractivity contribution in [3.8, 4) is 5.75 Å². The molecule has 9 heteroatoms. The van der Waals surface area contributed by atoms with Crippen molar-refractivity contribution in [1.82, 2.24) is 0 Å². The molecule has 8 nitrogen and oxygen atoms in total. The number of aliphatic carboxylic acids is 1. The van der Waals surface area contributed by atoms with Crippen molar-refractivity contribution in [3.05, 3.63) is 88.9 Å². The van der Waals surface area contributed by atoms with Gasteiger partial charge in [-0.25, -0.2) is 0 Å². The molecule has 3 aromatic rings. The molecule has 0 bridgehead atoms. The molecule has 0 fully saturated rings. The highest BCUT2D eigenvalue weighted by Gasteiger charge is 2.38. The summed E-state index contributed by atoms with van der Waals surface area (Å²) in [4.78, 5) is 40.7. The van der Waals surface area contributed by atoms with E-state index in [1.807, 2.05) is 43.3 Å². The SMILES string of the molecule is CC(=O)N(c1ccc(Cl)cc1)[C@@H]1C[C@H](C)N(C(=O)c2ccc(OC[C@@H](O)CC(=O)O)cc2)c2ccccc21. The van der Waals surface area contributed by atoms with E-state index in [9.17, 15) is 19.5 Å². The predicted molar refractivity (Wildman–Crippen MR) is 145 cm³/mol. The van der Waals surface area contributed by atoms with Crippen LogP contribution in [-0.2, 0) is 9.59 Å². The van der Waals surface area contributed by atoms with E-state index in [0.717, 1.165) is 16.9 Å². The zero-order chi connectivity index (χ0) is 27.4. The van der Waals surface area contributed by atoms with Crippen molar-refractivity contribution < 1.29 is 29.3 Å². The molecule has 198 valence electrons. The highest BCUT2D eigenvalue weighted by atomic mass is 35.5. The number of amides is 2. The molecule has 0 aromatic heterocycles. The fourth-order valence-electron chi connectivity index (χ4n) is 4.80. The largest absolute Gasteiger partial charge is 0.491 e. The quantitative estimate of drug-likeness (QED) is 0.415. The molecule has 0 unspecified atom stereocenters. The lowest BCUT2D eigenvalue weighted by molar-refractivity contribution is -0.139. The van der Waals surface area contributed by atoms with Crippen molar-refractivity contribution in [2.75, 3.05) is 16.4 Å². The zero-order valence-corrected chi connectivity index (χ0v) is 21.8. The minimum Gasteiger partial charge on any atom is -0.491 e. The van der Waals surface area contributed by atoms with Crippen LogP contribution in [0.25, 0.3) is 0 Å². The number of anilines is 2. The Morgan fingerprint density at radius 2 is 1.71 bits per heavy atom. The van der Waals surface area contributed by atoms with E-state index < -0.39 is 18.5 Å². The third kappa shape index (κ3) is 5.98. The Hall–Kier alpha value is -3.88. The molecule has 0 spiro atoms. The first-order valence-electron chi connectivity index (χ1n) is 12.3. The van der Waals surface area contributed by atoms with Crippen LogP contribution in [0.1, 0.15) is 48.7 Å². The molecule has 1 heterocycles. The lowest BCUT2D eigenvalue weighted by Crippen LogP contribution is -2.47. The van der Waals surface area contributed by atoms with Gasteiger partial charge in [-0.1, -0.05) is 29.8 Å². The van der Waals surface area contributed by atoms with Crippen molar-refractivity contribution in [3.63, 3.8) is 0 Å². The van der Waals surface area contributed by atoms with Gasteiger partial charge in [-0.3, -0.25) is 14.4 Å². The summed E-state index contributed by atoms with van der Waals surface area (Å²) in [6.07, 6.45) is -1.01. The summed E-state index contributed by atoms with van der Waals surface area (Å²) < 4.78 is 5.45. The maximum absolute atomic E-state index is 13.7. The third-order valence-corrected chi connectivity index (χ3v) is 6.74. The van der Waals surface area contributed by atoms with E-state index in [1.165, 1.54) is 6.92 Å². The number of aliphatic hydroxyl groups excluding tert-OH is 1. The van der Waals surface area contributed by atoms with E-state index >= 15 is 0 Å². The fraction of sp³-hybridized carbons (Fsp3) is 0.276. The fourth-order valence-corrected chi connectivity index (χ4v) is 4.93. The molecule has 0 radical (unpaired) electrons. The van der Waals surface area contributed by atoms with Crippen LogP contribution in [0.3, 0.4) is 0 Å². The maximum Gasteiger partial charge on any atom is 0.306 e. The summed E-state index contributed by atoms with van der Waals surface area (Å²) in [5.41, 5.74) is 2.79. The second kappa shape index (κ2) is 11.7. The van der Waals surface area contributed by atoms with Crippen LogP contribution >= 0.6 is 11.6 Å². The van der Waals surface area contributed by atoms with Gasteiger partial charge in [-0.2, -0.15) is 0 Å². The minimum absolute atomic E-state index is 0.108. The smallest absolute Gasteiger partial charge is 0.306 e. The monoisotopic (exact) mass is 536 g/mol. The molecule has 1 aliphatic heterocycles. The average molecular weight is 537 g/mol. The van der Waals surface area contributed by atoms with Crippen molar-refractivity contribution in [1.29, 1.82) is 0 Å². The Morgan fingerprint density at radius 3 is 2.34 bits per heavy atom. The average Bonchev–Trinajstić information content (AvgIpc) is 2.88. The molecule has 0 saturated heterocycles. The molecule has 2 N–H and O–H groups in total. The Kier molecular flexibility index (Phi) is 8.34. The lowest BCUT2D eigenvalue weighted by Gasteiger charge is -2.43. The standard InChI is InChI=1S/C29H29ClN2O6/c1-18-15-27(32(19(2)33)22-11-9-21(30)10-12-22)25-5-3-4-6-26(25)31(18)29(37)20-7-13-24(14-8-20)38-17-23(34)16-28(35)36/h3-14,18,23,27,34H,15-17H2,1-2H3,(H,35,36)/t18-,23-,27+/m0/s1. The number of nitrogens with zero attached hydrogens (tertiary/aromatic N) is 2. The molecule has 2 amide bonds. The first kappa shape index (κ1) is 27.2. The van der Waals surface area contributed by atoms with Gasteiger partial charge >= 0.3 is 5.97 Å². The molecule has 3 atom stereocenters. The van der Waals surface area contributed by atoms with Crippen LogP contribution in [-0.4, -0.2) is 46.7 Å². The second-order valence-corrected chi connectivity index (χ2v) is 9.72. The number of carboxylic acid groups (broad SMARTS) is 1. The van der Waals surface area contributed by atoms with Crippen LogP contribution in [0.5, 0.6) is 5.75 Å². The van der Waals surface area contributed by atoms with Gasteiger partial charge in [0.05, 0.1) is 18.6 Å². The normalized spacial score (nSPS) is 17.3. The van der Waals surface area contributed by atoms with Crippen LogP contribution in [0, 0.1) is 0 Å². The summed E-state index contributed by atoms with van der Waals surface area (Å²) in [6.45, 7) is 3.32. The van der Waals surface area contributed by atoms with Crippen LogP contribution in [0.4, 0.5) is 11.4 Å². The summed E-state index contributed by atoms with van der Waals surface area (Å²) in [7, 11) is 0. The van der Waals surface area contributed by atoms with Crippen LogP contribution in [0.2, 0.25) is 5.02 Å². The number of carbonyl (C=O) groups excluding carboxylic acids is 2. The van der Waals surface area contributed by atoms with E-state index in [-0.39, 0.29) is 30.5 Å². The number of aliphatic hydroxyl groups is 1. The number of carbonyl (C=O) groups is 3. The highest BCUT2D eigenvalue weighted by Crippen LogP contribution is 2.43. The predicted octanol–water partition coefficient (Wildman–Crippen LogP) is 5.09. The highest BCUT2D eigenvalue weighted by molar-refractivity contribution is 6.30. The van der Waals surface area contributed by atoms with E-state index in [1.54, 1.807) is 46.2 Å². The van der Waals surface area contributed by atoms with Gasteiger partial charge in [-0.05, 0) is 73.5 Å². The second-order valence-electron chi connectivity index (χ2n) is 9.29. The number of hydrogen-bond acceptors (Lipinski definition) is 5. The number of hydrogen-bond donors (Lipinski definition) is 2. The molecule has 38 heavy (non-hydrogen) atoms. The number of rotatable bonds is 8. The van der Waals surface area contributed by atoms with Gasteiger partial charge in [0, 0.05) is 34.9 Å². The van der Waals surface area contributed by atoms with Crippen LogP contribution in [0.15, 0.2) is 72.8 Å². The number of fused-ring (bicyclic) bond motifs is 1. The van der Waals surface area contributed by atoms with Gasteiger partial charge in [0.2, 0.25) is 5.91 Å². The number of carboxylic acids is 1. The van der Waals surface area contributed by atoms with E-state index in [2.05, 4.69) is 0 Å².